The highest BCUT2D eigenvalue weighted by molar-refractivity contribution is 6.04. The zero-order chi connectivity index (χ0) is 21.6. The lowest BCUT2D eigenvalue weighted by molar-refractivity contribution is -0.138. The third-order valence-corrected chi connectivity index (χ3v) is 4.55. The third kappa shape index (κ3) is 7.55. The summed E-state index contributed by atoms with van der Waals surface area (Å²) in [6.45, 7) is 0. The smallest absolute Gasteiger partial charge is 0.338 e. The number of carbonyl (C=O) groups is 2. The Bertz CT molecular complexity index is 818. The summed E-state index contributed by atoms with van der Waals surface area (Å²) in [5.41, 5.74) is 2.79. The molecule has 0 aliphatic heterocycles. The van der Waals surface area contributed by atoms with Gasteiger partial charge in [-0.2, -0.15) is 0 Å². The molecule has 0 radical (unpaired) electrons. The van der Waals surface area contributed by atoms with Crippen molar-refractivity contribution in [2.45, 2.75) is 25.7 Å². The summed E-state index contributed by atoms with van der Waals surface area (Å²) in [4.78, 5) is 24.6. The molecule has 4 nitrogen and oxygen atoms in total. The van der Waals surface area contributed by atoms with Crippen LogP contribution >= 0.6 is 0 Å². The summed E-state index contributed by atoms with van der Waals surface area (Å²) in [5.74, 6) is -1.14. The van der Waals surface area contributed by atoms with Crippen LogP contribution < -0.4 is 0 Å². The van der Waals surface area contributed by atoms with E-state index in [1.807, 2.05) is 48.6 Å². The lowest BCUT2D eigenvalue weighted by atomic mass is 10.0. The molecule has 0 saturated carbocycles. The first kappa shape index (κ1) is 22.9. The number of methoxy groups -OCH3 is 2. The second-order valence-electron chi connectivity index (χ2n) is 6.66. The lowest BCUT2D eigenvalue weighted by Crippen LogP contribution is -2.12. The van der Waals surface area contributed by atoms with Gasteiger partial charge in [0.05, 0.1) is 25.4 Å². The molecule has 0 N–H and O–H groups in total. The molecule has 0 aliphatic carbocycles. The SMILES string of the molecule is COC(=O)C(/C=C/CCc1ccccc1)=C(/C=C/CCc1ccccc1)C(=O)OC. The van der Waals surface area contributed by atoms with Gasteiger partial charge in [-0.15, -0.1) is 0 Å². The van der Waals surface area contributed by atoms with E-state index >= 15 is 0 Å². The number of hydrogen-bond donors (Lipinski definition) is 0. The first-order chi connectivity index (χ1) is 14.7. The van der Waals surface area contributed by atoms with Crippen molar-refractivity contribution in [1.82, 2.24) is 0 Å². The maximum absolute atomic E-state index is 12.3. The van der Waals surface area contributed by atoms with Crippen LogP contribution in [0, 0.1) is 0 Å². The van der Waals surface area contributed by atoms with Gasteiger partial charge in [-0.3, -0.25) is 0 Å². The van der Waals surface area contributed by atoms with Gasteiger partial charge < -0.3 is 9.47 Å². The highest BCUT2D eigenvalue weighted by Crippen LogP contribution is 2.15. The molecule has 0 unspecified atom stereocenters. The second kappa shape index (κ2) is 12.9. The molecule has 0 fully saturated rings. The van der Waals surface area contributed by atoms with Crippen molar-refractivity contribution in [3.05, 3.63) is 107 Å². The average Bonchev–Trinajstić information content (AvgIpc) is 2.80. The van der Waals surface area contributed by atoms with E-state index in [0.717, 1.165) is 25.7 Å². The van der Waals surface area contributed by atoms with E-state index in [4.69, 9.17) is 9.47 Å². The van der Waals surface area contributed by atoms with Crippen molar-refractivity contribution >= 4 is 11.9 Å². The summed E-state index contributed by atoms with van der Waals surface area (Å²) in [7, 11) is 2.60. The molecule has 30 heavy (non-hydrogen) atoms. The summed E-state index contributed by atoms with van der Waals surface area (Å²) < 4.78 is 9.78. The molecule has 156 valence electrons. The van der Waals surface area contributed by atoms with E-state index in [2.05, 4.69) is 24.3 Å². The van der Waals surface area contributed by atoms with Gasteiger partial charge in [-0.25, -0.2) is 9.59 Å². The number of rotatable bonds is 10. The van der Waals surface area contributed by atoms with Gasteiger partial charge in [0.2, 0.25) is 0 Å². The Balaban J connectivity index is 2.14. The van der Waals surface area contributed by atoms with Gasteiger partial charge in [0.15, 0.2) is 0 Å². The summed E-state index contributed by atoms with van der Waals surface area (Å²) in [6, 6.07) is 20.2. The first-order valence-electron chi connectivity index (χ1n) is 9.97. The average molecular weight is 405 g/mol. The molecular formula is C26H28O4. The number of carbonyl (C=O) groups excluding carboxylic acids is 2. The highest BCUT2D eigenvalue weighted by atomic mass is 16.5. The summed E-state index contributed by atoms with van der Waals surface area (Å²) >= 11 is 0. The van der Waals surface area contributed by atoms with Crippen molar-refractivity contribution in [2.75, 3.05) is 14.2 Å². The van der Waals surface area contributed by atoms with Crippen molar-refractivity contribution in [1.29, 1.82) is 0 Å². The molecule has 2 aromatic rings. The molecule has 2 aromatic carbocycles. The highest BCUT2D eigenvalue weighted by Gasteiger charge is 2.18. The number of benzene rings is 2. The van der Waals surface area contributed by atoms with Crippen LogP contribution in [0.1, 0.15) is 24.0 Å². The Labute approximate surface area is 178 Å². The standard InChI is InChI=1S/C26H28O4/c1-29-25(27)23(19-11-9-17-21-13-5-3-6-14-21)24(26(28)30-2)20-12-10-18-22-15-7-4-8-16-22/h3-8,11-16,19-20H,9-10,17-18H2,1-2H3/b19-11+,20-12+,24-23-. The predicted octanol–water partition coefficient (Wildman–Crippen LogP) is 5.01. The molecule has 0 bridgehead atoms. The molecule has 0 aliphatic rings. The Hall–Kier alpha value is -3.40. The van der Waals surface area contributed by atoms with Crippen LogP contribution in [0.25, 0.3) is 0 Å². The first-order valence-corrected chi connectivity index (χ1v) is 9.97. The van der Waals surface area contributed by atoms with Gasteiger partial charge in [-0.05, 0) is 36.8 Å². The van der Waals surface area contributed by atoms with Gasteiger partial charge >= 0.3 is 11.9 Å². The fraction of sp³-hybridized carbons (Fsp3) is 0.231. The zero-order valence-electron chi connectivity index (χ0n) is 17.5. The Kier molecular flexibility index (Phi) is 9.87. The van der Waals surface area contributed by atoms with Crippen LogP contribution in [0.5, 0.6) is 0 Å². The van der Waals surface area contributed by atoms with E-state index in [1.165, 1.54) is 25.3 Å². The van der Waals surface area contributed by atoms with Gasteiger partial charge in [0, 0.05) is 0 Å². The van der Waals surface area contributed by atoms with Crippen molar-refractivity contribution < 1.29 is 19.1 Å². The largest absolute Gasteiger partial charge is 0.465 e. The second-order valence-corrected chi connectivity index (χ2v) is 6.66. The molecule has 2 rings (SSSR count). The molecule has 4 heteroatoms. The number of ether oxygens (including phenoxy) is 2. The van der Waals surface area contributed by atoms with E-state index in [-0.39, 0.29) is 11.1 Å². The normalized spacial score (nSPS) is 12.1. The topological polar surface area (TPSA) is 52.6 Å². The molecule has 0 spiro atoms. The number of aryl methyl sites for hydroxylation is 2. The van der Waals surface area contributed by atoms with Crippen molar-refractivity contribution in [2.24, 2.45) is 0 Å². The molecule has 0 saturated heterocycles. The molecule has 0 atom stereocenters. The molecule has 0 aromatic heterocycles. The third-order valence-electron chi connectivity index (χ3n) is 4.55. The van der Waals surface area contributed by atoms with E-state index < -0.39 is 11.9 Å². The fourth-order valence-electron chi connectivity index (χ4n) is 2.95. The maximum Gasteiger partial charge on any atom is 0.338 e. The van der Waals surface area contributed by atoms with Gasteiger partial charge in [-0.1, -0.05) is 85.0 Å². The fourth-order valence-corrected chi connectivity index (χ4v) is 2.95. The van der Waals surface area contributed by atoms with E-state index in [1.54, 1.807) is 12.2 Å². The van der Waals surface area contributed by atoms with Crippen LogP contribution in [-0.4, -0.2) is 26.2 Å². The van der Waals surface area contributed by atoms with Crippen LogP contribution in [0.2, 0.25) is 0 Å². The maximum atomic E-state index is 12.3. The van der Waals surface area contributed by atoms with Crippen LogP contribution in [0.4, 0.5) is 0 Å². The quantitative estimate of drug-likeness (QED) is 0.317. The minimum absolute atomic E-state index is 0.188. The minimum atomic E-state index is -0.570. The number of allylic oxidation sites excluding steroid dienone is 2. The Morgan fingerprint density at radius 1 is 0.667 bits per heavy atom. The van der Waals surface area contributed by atoms with Gasteiger partial charge in [0.25, 0.3) is 0 Å². The Morgan fingerprint density at radius 3 is 1.37 bits per heavy atom. The molecule has 0 amide bonds. The lowest BCUT2D eigenvalue weighted by Gasteiger charge is -2.07. The monoisotopic (exact) mass is 404 g/mol. The van der Waals surface area contributed by atoms with Crippen LogP contribution in [0.3, 0.4) is 0 Å². The number of esters is 2. The zero-order valence-corrected chi connectivity index (χ0v) is 17.5. The number of hydrogen-bond acceptors (Lipinski definition) is 4. The summed E-state index contributed by atoms with van der Waals surface area (Å²) in [6.07, 6.45) is 10.2. The van der Waals surface area contributed by atoms with Crippen molar-refractivity contribution in [3.63, 3.8) is 0 Å². The Morgan fingerprint density at radius 2 is 1.03 bits per heavy atom. The van der Waals surface area contributed by atoms with Crippen LogP contribution in [-0.2, 0) is 31.9 Å². The van der Waals surface area contributed by atoms with E-state index in [9.17, 15) is 9.59 Å². The van der Waals surface area contributed by atoms with Crippen molar-refractivity contribution in [3.8, 4) is 0 Å². The van der Waals surface area contributed by atoms with E-state index in [0.29, 0.717) is 0 Å². The van der Waals surface area contributed by atoms with Crippen LogP contribution in [0.15, 0.2) is 96.1 Å². The summed E-state index contributed by atoms with van der Waals surface area (Å²) in [5, 5.41) is 0. The van der Waals surface area contributed by atoms with Gasteiger partial charge in [0.1, 0.15) is 0 Å². The molecular weight excluding hydrogens is 376 g/mol. The predicted molar refractivity (Wildman–Crippen MR) is 119 cm³/mol. The molecule has 0 heterocycles. The minimum Gasteiger partial charge on any atom is -0.465 e.